The predicted molar refractivity (Wildman–Crippen MR) is 110 cm³/mol. The third kappa shape index (κ3) is 3.02. The minimum atomic E-state index is -0.875. The van der Waals surface area contributed by atoms with E-state index in [4.69, 9.17) is 4.84 Å². The number of amides is 2. The van der Waals surface area contributed by atoms with Crippen molar-refractivity contribution in [2.75, 3.05) is 5.06 Å². The Balaban J connectivity index is 1.52. The molecule has 6 heteroatoms. The van der Waals surface area contributed by atoms with Gasteiger partial charge in [-0.05, 0) is 35.4 Å². The van der Waals surface area contributed by atoms with Crippen LogP contribution in [0.25, 0.3) is 0 Å². The molecule has 2 aliphatic heterocycles. The zero-order valence-electron chi connectivity index (χ0n) is 16.1. The van der Waals surface area contributed by atoms with Gasteiger partial charge in [0, 0.05) is 0 Å². The summed E-state index contributed by atoms with van der Waals surface area (Å²) in [5, 5.41) is 11.3. The lowest BCUT2D eigenvalue weighted by Gasteiger charge is -2.28. The molecule has 2 heterocycles. The van der Waals surface area contributed by atoms with Crippen LogP contribution in [0.3, 0.4) is 0 Å². The van der Waals surface area contributed by atoms with E-state index >= 15 is 0 Å². The second-order valence-corrected chi connectivity index (χ2v) is 7.50. The number of imide groups is 1. The summed E-state index contributed by atoms with van der Waals surface area (Å²) < 4.78 is 0. The molecule has 6 nitrogen and oxygen atoms in total. The largest absolute Gasteiger partial charge is 0.508 e. The van der Waals surface area contributed by atoms with Crippen molar-refractivity contribution in [1.82, 2.24) is 4.90 Å². The van der Waals surface area contributed by atoms with E-state index in [1.165, 1.54) is 4.90 Å². The molecule has 2 saturated heterocycles. The Labute approximate surface area is 173 Å². The Kier molecular flexibility index (Phi) is 4.48. The molecule has 150 valence electrons. The molecule has 0 saturated carbocycles. The smallest absolute Gasteiger partial charge is 0.262 e. The van der Waals surface area contributed by atoms with Crippen LogP contribution < -0.4 is 5.06 Å². The molecule has 0 spiro atoms. The van der Waals surface area contributed by atoms with Gasteiger partial charge in [-0.15, -0.1) is 0 Å². The van der Waals surface area contributed by atoms with Gasteiger partial charge in [0.2, 0.25) is 5.91 Å². The van der Waals surface area contributed by atoms with Crippen molar-refractivity contribution in [2.24, 2.45) is 5.92 Å². The van der Waals surface area contributed by atoms with Gasteiger partial charge in [-0.3, -0.25) is 19.3 Å². The molecule has 3 aromatic carbocycles. The number of aromatic hydroxyl groups is 1. The maximum Gasteiger partial charge on any atom is 0.262 e. The van der Waals surface area contributed by atoms with Gasteiger partial charge in [0.1, 0.15) is 11.7 Å². The summed E-state index contributed by atoms with van der Waals surface area (Å²) in [6.45, 7) is 0.225. The summed E-state index contributed by atoms with van der Waals surface area (Å²) in [7, 11) is 0. The van der Waals surface area contributed by atoms with Crippen LogP contribution >= 0.6 is 0 Å². The van der Waals surface area contributed by atoms with Crippen LogP contribution in [0.5, 0.6) is 5.75 Å². The number of rotatable bonds is 4. The molecule has 3 aromatic rings. The summed E-state index contributed by atoms with van der Waals surface area (Å²) >= 11 is 0. The van der Waals surface area contributed by atoms with Crippen LogP contribution in [0.2, 0.25) is 0 Å². The Hall–Kier alpha value is -3.64. The fourth-order valence-electron chi connectivity index (χ4n) is 4.20. The number of hydroxylamine groups is 1. The zero-order chi connectivity index (χ0) is 20.7. The van der Waals surface area contributed by atoms with Crippen molar-refractivity contribution in [3.63, 3.8) is 0 Å². The monoisotopic (exact) mass is 400 g/mol. The Morgan fingerprint density at radius 2 is 1.43 bits per heavy atom. The first-order valence-corrected chi connectivity index (χ1v) is 9.82. The third-order valence-corrected chi connectivity index (χ3v) is 5.64. The van der Waals surface area contributed by atoms with Gasteiger partial charge in [-0.25, -0.2) is 5.06 Å². The van der Waals surface area contributed by atoms with Crippen LogP contribution in [0, 0.1) is 5.92 Å². The van der Waals surface area contributed by atoms with Crippen molar-refractivity contribution < 1.29 is 19.5 Å². The first-order valence-electron chi connectivity index (χ1n) is 9.82. The molecule has 2 amide bonds. The minimum Gasteiger partial charge on any atom is -0.508 e. The number of hydrogen-bond acceptors (Lipinski definition) is 5. The number of benzene rings is 3. The van der Waals surface area contributed by atoms with E-state index < -0.39 is 18.1 Å². The van der Waals surface area contributed by atoms with Gasteiger partial charge in [0.15, 0.2) is 6.10 Å². The normalized spacial score (nSPS) is 23.1. The van der Waals surface area contributed by atoms with Gasteiger partial charge >= 0.3 is 0 Å². The number of para-hydroxylation sites is 1. The average molecular weight is 400 g/mol. The van der Waals surface area contributed by atoms with E-state index in [1.54, 1.807) is 29.3 Å². The number of carbonyl (C=O) groups excluding carboxylic acids is 2. The number of phenols is 1. The van der Waals surface area contributed by atoms with Gasteiger partial charge < -0.3 is 5.11 Å². The summed E-state index contributed by atoms with van der Waals surface area (Å²) in [6, 6.07) is 25.1. The van der Waals surface area contributed by atoms with Gasteiger partial charge in [0.05, 0.1) is 18.3 Å². The molecule has 1 N–H and O–H groups in total. The maximum absolute atomic E-state index is 13.4. The van der Waals surface area contributed by atoms with E-state index in [-0.39, 0.29) is 24.1 Å². The highest BCUT2D eigenvalue weighted by atomic mass is 16.7. The molecule has 0 bridgehead atoms. The second-order valence-electron chi connectivity index (χ2n) is 7.50. The minimum absolute atomic E-state index is 0.139. The molecule has 0 aliphatic carbocycles. The lowest BCUT2D eigenvalue weighted by atomic mass is 9.90. The lowest BCUT2D eigenvalue weighted by Crippen LogP contribution is -2.36. The fraction of sp³-hybridized carbons (Fsp3) is 0.167. The van der Waals surface area contributed by atoms with Crippen molar-refractivity contribution >= 4 is 17.5 Å². The van der Waals surface area contributed by atoms with Crippen molar-refractivity contribution in [3.8, 4) is 5.75 Å². The Morgan fingerprint density at radius 1 is 0.800 bits per heavy atom. The Morgan fingerprint density at radius 3 is 2.10 bits per heavy atom. The van der Waals surface area contributed by atoms with Crippen LogP contribution in [0.15, 0.2) is 84.9 Å². The molecular weight excluding hydrogens is 380 g/mol. The zero-order valence-corrected chi connectivity index (χ0v) is 16.1. The van der Waals surface area contributed by atoms with Crippen LogP contribution in [0.4, 0.5) is 5.69 Å². The quantitative estimate of drug-likeness (QED) is 0.680. The van der Waals surface area contributed by atoms with E-state index in [0.717, 1.165) is 16.8 Å². The summed E-state index contributed by atoms with van der Waals surface area (Å²) in [5.41, 5.74) is 2.45. The van der Waals surface area contributed by atoms with Crippen LogP contribution in [0.1, 0.15) is 17.2 Å². The highest BCUT2D eigenvalue weighted by Crippen LogP contribution is 2.47. The van der Waals surface area contributed by atoms with Gasteiger partial charge in [-0.2, -0.15) is 0 Å². The fourth-order valence-corrected chi connectivity index (χ4v) is 4.20. The molecule has 5 rings (SSSR count). The van der Waals surface area contributed by atoms with E-state index in [9.17, 15) is 14.7 Å². The number of likely N-dealkylation sites (tertiary alicyclic amines) is 1. The summed E-state index contributed by atoms with van der Waals surface area (Å²) in [6.07, 6.45) is -0.875. The Bertz CT molecular complexity index is 1070. The summed E-state index contributed by atoms with van der Waals surface area (Å²) in [5.74, 6) is -1.09. The third-order valence-electron chi connectivity index (χ3n) is 5.64. The standard InChI is InChI=1S/C24H20N2O4/c27-19-13-11-17(12-14-19)21-20-22(30-26(21)18-9-5-2-6-10-18)24(29)25(23(20)28)15-16-7-3-1-4-8-16/h1-14,20-22,27H,15H2/t20-,21-,22+/m1/s1. The second kappa shape index (κ2) is 7.31. The first kappa shape index (κ1) is 18.4. The molecule has 0 aromatic heterocycles. The maximum atomic E-state index is 13.4. The van der Waals surface area contributed by atoms with Crippen molar-refractivity contribution in [3.05, 3.63) is 96.1 Å². The van der Waals surface area contributed by atoms with Gasteiger partial charge in [0.25, 0.3) is 5.91 Å². The topological polar surface area (TPSA) is 70.1 Å². The van der Waals surface area contributed by atoms with Crippen molar-refractivity contribution in [2.45, 2.75) is 18.7 Å². The number of nitrogens with zero attached hydrogens (tertiary/aromatic N) is 2. The molecule has 3 atom stereocenters. The number of anilines is 1. The van der Waals surface area contributed by atoms with E-state index in [2.05, 4.69) is 0 Å². The van der Waals surface area contributed by atoms with Gasteiger partial charge in [-0.1, -0.05) is 60.7 Å². The number of phenolic OH excluding ortho intramolecular Hbond substituents is 1. The lowest BCUT2D eigenvalue weighted by molar-refractivity contribution is -0.143. The number of carbonyl (C=O) groups is 2. The first-order chi connectivity index (χ1) is 14.6. The molecular formula is C24H20N2O4. The molecule has 2 aliphatic rings. The highest BCUT2D eigenvalue weighted by molar-refractivity contribution is 6.07. The van der Waals surface area contributed by atoms with Crippen LogP contribution in [-0.2, 0) is 21.0 Å². The molecule has 30 heavy (non-hydrogen) atoms. The summed E-state index contributed by atoms with van der Waals surface area (Å²) in [4.78, 5) is 33.9. The number of fused-ring (bicyclic) bond motifs is 1. The molecule has 2 fully saturated rings. The van der Waals surface area contributed by atoms with E-state index in [1.807, 2.05) is 60.7 Å². The number of hydrogen-bond donors (Lipinski definition) is 1. The van der Waals surface area contributed by atoms with E-state index in [0.29, 0.717) is 0 Å². The van der Waals surface area contributed by atoms with Crippen molar-refractivity contribution in [1.29, 1.82) is 0 Å². The van der Waals surface area contributed by atoms with Crippen LogP contribution in [-0.4, -0.2) is 27.9 Å². The highest BCUT2D eigenvalue weighted by Gasteiger charge is 2.59. The average Bonchev–Trinajstić information content (AvgIpc) is 3.28. The predicted octanol–water partition coefficient (Wildman–Crippen LogP) is 3.44. The molecule has 0 radical (unpaired) electrons. The SMILES string of the molecule is O=C1[C@H]2[C@H](ON(c3ccccc3)[C@@H]2c2ccc(O)cc2)C(=O)N1Cc1ccccc1. The molecule has 0 unspecified atom stereocenters.